The Balaban J connectivity index is 1.58. The van der Waals surface area contributed by atoms with Gasteiger partial charge in [0.1, 0.15) is 11.6 Å². The highest BCUT2D eigenvalue weighted by Crippen LogP contribution is 2.40. The molecule has 0 atom stereocenters. The average Bonchev–Trinajstić information content (AvgIpc) is 3.18. The van der Waals surface area contributed by atoms with E-state index in [4.69, 9.17) is 10.7 Å². The minimum atomic E-state index is -0.266. The fourth-order valence-corrected chi connectivity index (χ4v) is 4.59. The van der Waals surface area contributed by atoms with Gasteiger partial charge in [0.15, 0.2) is 5.65 Å². The molecule has 0 aliphatic heterocycles. The van der Waals surface area contributed by atoms with Gasteiger partial charge in [-0.25, -0.2) is 9.37 Å². The van der Waals surface area contributed by atoms with Gasteiger partial charge in [-0.3, -0.25) is 4.40 Å². The molecule has 1 saturated carbocycles. The Morgan fingerprint density at radius 3 is 2.34 bits per heavy atom. The predicted molar refractivity (Wildman–Crippen MR) is 124 cm³/mol. The maximum Gasteiger partial charge on any atom is 0.170 e. The summed E-state index contributed by atoms with van der Waals surface area (Å²) in [4.78, 5) is 5.02. The molecule has 2 aromatic carbocycles. The number of hydrogen-bond acceptors (Lipinski definition) is 4. The molecule has 0 radical (unpaired) electrons. The van der Waals surface area contributed by atoms with Crippen molar-refractivity contribution in [3.8, 4) is 22.4 Å². The zero-order valence-electron chi connectivity index (χ0n) is 17.7. The minimum absolute atomic E-state index is 0.202. The molecule has 5 nitrogen and oxygen atoms in total. The lowest BCUT2D eigenvalue weighted by Crippen LogP contribution is -2.43. The molecule has 0 saturated heterocycles. The highest BCUT2D eigenvalue weighted by molar-refractivity contribution is 5.98. The van der Waals surface area contributed by atoms with Crippen molar-refractivity contribution in [2.24, 2.45) is 5.73 Å². The summed E-state index contributed by atoms with van der Waals surface area (Å²) in [5, 5.41) is 9.47. The number of rotatable bonds is 3. The predicted octanol–water partition coefficient (Wildman–Crippen LogP) is 5.40. The quantitative estimate of drug-likeness (QED) is 0.422. The Morgan fingerprint density at radius 1 is 0.938 bits per heavy atom. The molecular weight excluding hydrogens is 401 g/mol. The molecule has 3 aromatic heterocycles. The van der Waals surface area contributed by atoms with E-state index in [0.717, 1.165) is 63.2 Å². The van der Waals surface area contributed by atoms with E-state index in [-0.39, 0.29) is 11.4 Å². The molecule has 6 rings (SSSR count). The zero-order chi connectivity index (χ0) is 21.9. The molecule has 0 spiro atoms. The highest BCUT2D eigenvalue weighted by atomic mass is 19.1. The molecule has 5 aromatic rings. The molecule has 158 valence electrons. The Morgan fingerprint density at radius 2 is 1.66 bits per heavy atom. The molecule has 6 heteroatoms. The molecule has 1 aliphatic carbocycles. The van der Waals surface area contributed by atoms with Crippen molar-refractivity contribution >= 4 is 16.6 Å². The van der Waals surface area contributed by atoms with Gasteiger partial charge in [-0.15, -0.1) is 10.2 Å². The first-order valence-corrected chi connectivity index (χ1v) is 10.8. The van der Waals surface area contributed by atoms with Gasteiger partial charge in [-0.05, 0) is 61.6 Å². The molecule has 0 unspecified atom stereocenters. The number of nitrogens with two attached hydrogens (primary N) is 1. The van der Waals surface area contributed by atoms with E-state index < -0.39 is 0 Å². The van der Waals surface area contributed by atoms with E-state index >= 15 is 0 Å². The van der Waals surface area contributed by atoms with Gasteiger partial charge >= 0.3 is 0 Å². The van der Waals surface area contributed by atoms with Crippen LogP contribution in [0.5, 0.6) is 0 Å². The van der Waals surface area contributed by atoms with E-state index in [1.54, 1.807) is 12.1 Å². The van der Waals surface area contributed by atoms with Gasteiger partial charge in [0.25, 0.3) is 0 Å². The largest absolute Gasteiger partial charge is 0.321 e. The van der Waals surface area contributed by atoms with Crippen LogP contribution < -0.4 is 5.73 Å². The average molecular weight is 423 g/mol. The van der Waals surface area contributed by atoms with Crippen LogP contribution in [0.1, 0.15) is 30.7 Å². The number of aromatic nitrogens is 4. The molecule has 0 amide bonds. The van der Waals surface area contributed by atoms with E-state index in [0.29, 0.717) is 0 Å². The van der Waals surface area contributed by atoms with Crippen LogP contribution in [0.2, 0.25) is 0 Å². The topological polar surface area (TPSA) is 69.1 Å². The lowest BCUT2D eigenvalue weighted by Gasteiger charge is -2.38. The van der Waals surface area contributed by atoms with Crippen LogP contribution >= 0.6 is 0 Å². The third kappa shape index (κ3) is 2.91. The fourth-order valence-electron chi connectivity index (χ4n) is 4.59. The first kappa shape index (κ1) is 19.1. The van der Waals surface area contributed by atoms with Gasteiger partial charge in [0, 0.05) is 28.2 Å². The smallest absolute Gasteiger partial charge is 0.170 e. The van der Waals surface area contributed by atoms with Crippen molar-refractivity contribution in [2.45, 2.75) is 31.7 Å². The summed E-state index contributed by atoms with van der Waals surface area (Å²) in [6, 6.07) is 19.0. The maximum absolute atomic E-state index is 13.6. The summed E-state index contributed by atoms with van der Waals surface area (Å²) in [6.07, 6.45) is 5.17. The van der Waals surface area contributed by atoms with Crippen molar-refractivity contribution in [3.05, 3.63) is 84.1 Å². The Bertz CT molecular complexity index is 1460. The lowest BCUT2D eigenvalue weighted by molar-refractivity contribution is 0.253. The van der Waals surface area contributed by atoms with Gasteiger partial charge in [-0.2, -0.15) is 0 Å². The van der Waals surface area contributed by atoms with Crippen LogP contribution in [0, 0.1) is 12.7 Å². The third-order valence-electron chi connectivity index (χ3n) is 6.67. The normalized spacial score (nSPS) is 15.2. The monoisotopic (exact) mass is 423 g/mol. The molecule has 32 heavy (non-hydrogen) atoms. The van der Waals surface area contributed by atoms with Crippen LogP contribution in [0.15, 0.2) is 66.9 Å². The Labute approximate surface area is 184 Å². The SMILES string of the molecule is Cc1nnc2c3cc(-c4ccc(F)cc4)c(-c4ccc(C5(N)CCC5)cc4)nc3ccn12. The second kappa shape index (κ2) is 6.93. The van der Waals surface area contributed by atoms with Crippen LogP contribution in [0.4, 0.5) is 4.39 Å². The summed E-state index contributed by atoms with van der Waals surface area (Å²) in [5.41, 5.74) is 12.7. The van der Waals surface area contributed by atoms with Crippen LogP contribution in [0.3, 0.4) is 0 Å². The van der Waals surface area contributed by atoms with Gasteiger partial charge in [0.05, 0.1) is 11.2 Å². The summed E-state index contributed by atoms with van der Waals surface area (Å²) in [6.45, 7) is 1.92. The summed E-state index contributed by atoms with van der Waals surface area (Å²) in [5.74, 6) is 0.550. The molecule has 2 N–H and O–H groups in total. The number of pyridine rings is 2. The first-order chi connectivity index (χ1) is 15.5. The van der Waals surface area contributed by atoms with Crippen molar-refractivity contribution in [2.75, 3.05) is 0 Å². The first-order valence-electron chi connectivity index (χ1n) is 10.8. The van der Waals surface area contributed by atoms with E-state index in [1.165, 1.54) is 18.6 Å². The van der Waals surface area contributed by atoms with Crippen molar-refractivity contribution in [3.63, 3.8) is 0 Å². The summed E-state index contributed by atoms with van der Waals surface area (Å²) in [7, 11) is 0. The molecule has 0 bridgehead atoms. The van der Waals surface area contributed by atoms with E-state index in [1.807, 2.05) is 23.6 Å². The van der Waals surface area contributed by atoms with E-state index in [9.17, 15) is 4.39 Å². The second-order valence-corrected chi connectivity index (χ2v) is 8.67. The van der Waals surface area contributed by atoms with Crippen molar-refractivity contribution < 1.29 is 4.39 Å². The number of aryl methyl sites for hydroxylation is 1. The summed E-state index contributed by atoms with van der Waals surface area (Å²) < 4.78 is 15.6. The van der Waals surface area contributed by atoms with E-state index in [2.05, 4.69) is 40.5 Å². The minimum Gasteiger partial charge on any atom is -0.321 e. The zero-order valence-corrected chi connectivity index (χ0v) is 17.7. The van der Waals surface area contributed by atoms with Crippen molar-refractivity contribution in [1.82, 2.24) is 19.6 Å². The van der Waals surface area contributed by atoms with Gasteiger partial charge < -0.3 is 5.73 Å². The number of benzene rings is 2. The number of fused-ring (bicyclic) bond motifs is 3. The molecule has 1 aliphatic rings. The van der Waals surface area contributed by atoms with Crippen LogP contribution in [-0.2, 0) is 5.54 Å². The standard InChI is InChI=1S/C26H22FN5/c1-16-30-31-25-22-15-21(17-5-9-20(27)10-6-17)24(29-23(22)11-14-32(16)25)18-3-7-19(8-4-18)26(28)12-2-13-26/h3-11,14-15H,2,12-13,28H2,1H3. The fraction of sp³-hybridized carbons (Fsp3) is 0.192. The highest BCUT2D eigenvalue weighted by Gasteiger charge is 2.34. The number of hydrogen-bond donors (Lipinski definition) is 1. The number of halogens is 1. The lowest BCUT2D eigenvalue weighted by atomic mass is 9.72. The number of nitrogens with zero attached hydrogens (tertiary/aromatic N) is 4. The molecular formula is C26H22FN5. The maximum atomic E-state index is 13.6. The van der Waals surface area contributed by atoms with Gasteiger partial charge in [0.2, 0.25) is 0 Å². The molecule has 1 fully saturated rings. The van der Waals surface area contributed by atoms with Crippen LogP contribution in [-0.4, -0.2) is 19.6 Å². The molecule has 3 heterocycles. The van der Waals surface area contributed by atoms with Crippen molar-refractivity contribution in [1.29, 1.82) is 0 Å². The third-order valence-corrected chi connectivity index (χ3v) is 6.67. The Hall–Kier alpha value is -3.64. The summed E-state index contributed by atoms with van der Waals surface area (Å²) >= 11 is 0. The van der Waals surface area contributed by atoms with Gasteiger partial charge in [-0.1, -0.05) is 36.4 Å². The Kier molecular flexibility index (Phi) is 4.13. The van der Waals surface area contributed by atoms with Crippen LogP contribution in [0.25, 0.3) is 38.9 Å². The second-order valence-electron chi connectivity index (χ2n) is 8.67.